The van der Waals surface area contributed by atoms with E-state index in [-0.39, 0.29) is 11.7 Å². The minimum absolute atomic E-state index is 0.0784. The maximum absolute atomic E-state index is 13.5. The second-order valence-corrected chi connectivity index (χ2v) is 8.57. The van der Waals surface area contributed by atoms with Gasteiger partial charge in [0, 0.05) is 18.0 Å². The van der Waals surface area contributed by atoms with Gasteiger partial charge in [-0.05, 0) is 50.6 Å². The molecule has 0 aliphatic carbocycles. The quantitative estimate of drug-likeness (QED) is 0.559. The Morgan fingerprint density at radius 2 is 1.91 bits per heavy atom. The maximum atomic E-state index is 13.5. The largest absolute Gasteiger partial charge is 0.491 e. The Morgan fingerprint density at radius 1 is 1.19 bits per heavy atom. The molecule has 4 rings (SSSR count). The van der Waals surface area contributed by atoms with Crippen molar-refractivity contribution in [3.05, 3.63) is 90.9 Å². The van der Waals surface area contributed by atoms with E-state index in [2.05, 4.69) is 9.98 Å². The van der Waals surface area contributed by atoms with Crippen LogP contribution in [0, 0.1) is 0 Å². The highest BCUT2D eigenvalue weighted by Crippen LogP contribution is 2.36. The van der Waals surface area contributed by atoms with Crippen LogP contribution >= 0.6 is 11.3 Å². The molecule has 1 unspecified atom stereocenters. The van der Waals surface area contributed by atoms with Gasteiger partial charge in [0.2, 0.25) is 0 Å². The molecule has 0 spiro atoms. The number of fused-ring (bicyclic) bond motifs is 1. The van der Waals surface area contributed by atoms with Crippen molar-refractivity contribution in [1.29, 1.82) is 0 Å². The number of nitrogens with zero attached hydrogens (tertiary/aromatic N) is 3. The molecule has 7 nitrogen and oxygen atoms in total. The number of methoxy groups -OCH3 is 1. The van der Waals surface area contributed by atoms with E-state index in [1.165, 1.54) is 18.4 Å². The monoisotopic (exact) mass is 449 g/mol. The molecular formula is C24H23N3O4S. The van der Waals surface area contributed by atoms with Gasteiger partial charge in [0.1, 0.15) is 11.8 Å². The first-order chi connectivity index (χ1) is 15.4. The highest BCUT2D eigenvalue weighted by Gasteiger charge is 2.34. The fraction of sp³-hybridized carbons (Fsp3) is 0.250. The van der Waals surface area contributed by atoms with E-state index >= 15 is 0 Å². The smallest absolute Gasteiger partial charge is 0.338 e. The predicted molar refractivity (Wildman–Crippen MR) is 122 cm³/mol. The summed E-state index contributed by atoms with van der Waals surface area (Å²) in [5.41, 5.74) is 2.15. The average molecular weight is 450 g/mol. The molecule has 0 fully saturated rings. The van der Waals surface area contributed by atoms with Crippen molar-refractivity contribution in [3.63, 3.8) is 0 Å². The molecule has 1 aromatic carbocycles. The summed E-state index contributed by atoms with van der Waals surface area (Å²) in [5.74, 6) is 0.0753. The van der Waals surface area contributed by atoms with Gasteiger partial charge in [-0.15, -0.1) is 0 Å². The zero-order valence-electron chi connectivity index (χ0n) is 18.2. The van der Waals surface area contributed by atoms with Crippen LogP contribution in [0.3, 0.4) is 0 Å². The molecule has 0 saturated carbocycles. The molecule has 32 heavy (non-hydrogen) atoms. The number of carbonyl (C=O) groups excluding carboxylic acids is 1. The summed E-state index contributed by atoms with van der Waals surface area (Å²) in [4.78, 5) is 35.5. The van der Waals surface area contributed by atoms with Crippen LogP contribution in [0.1, 0.15) is 37.9 Å². The number of carbonyl (C=O) groups is 1. The first-order valence-corrected chi connectivity index (χ1v) is 11.0. The molecule has 0 N–H and O–H groups in total. The number of ether oxygens (including phenoxy) is 2. The molecule has 1 atom stereocenters. The van der Waals surface area contributed by atoms with Crippen molar-refractivity contribution in [1.82, 2.24) is 9.55 Å². The minimum atomic E-state index is -0.715. The van der Waals surface area contributed by atoms with Crippen LogP contribution in [0.2, 0.25) is 0 Å². The van der Waals surface area contributed by atoms with Crippen molar-refractivity contribution in [2.75, 3.05) is 7.11 Å². The highest BCUT2D eigenvalue weighted by molar-refractivity contribution is 7.07. The number of thiazole rings is 1. The van der Waals surface area contributed by atoms with Crippen LogP contribution in [0.25, 0.3) is 6.08 Å². The molecule has 0 radical (unpaired) electrons. The lowest BCUT2D eigenvalue weighted by atomic mass is 9.95. The minimum Gasteiger partial charge on any atom is -0.491 e. The van der Waals surface area contributed by atoms with E-state index < -0.39 is 12.0 Å². The van der Waals surface area contributed by atoms with Gasteiger partial charge in [-0.3, -0.25) is 14.3 Å². The number of benzene rings is 1. The van der Waals surface area contributed by atoms with Crippen LogP contribution in [0.4, 0.5) is 0 Å². The zero-order valence-corrected chi connectivity index (χ0v) is 19.1. The van der Waals surface area contributed by atoms with Gasteiger partial charge in [-0.1, -0.05) is 29.5 Å². The van der Waals surface area contributed by atoms with E-state index in [9.17, 15) is 9.59 Å². The molecule has 164 valence electrons. The number of hydrogen-bond donors (Lipinski definition) is 0. The standard InChI is InChI=1S/C24H23N3O4S/c1-14(2)31-18-8-6-5-7-17(18)21-20(23(29)30-4)15(3)26-24-27(21)22(28)19(32-24)13-16-9-11-25-12-10-16/h5-14,21H,1-4H3/b19-13-. The maximum Gasteiger partial charge on any atom is 0.338 e. The predicted octanol–water partition coefficient (Wildman–Crippen LogP) is 2.59. The summed E-state index contributed by atoms with van der Waals surface area (Å²) in [5, 5.41) is 0. The molecule has 3 heterocycles. The number of rotatable bonds is 5. The van der Waals surface area contributed by atoms with Gasteiger partial charge in [-0.25, -0.2) is 9.79 Å². The number of esters is 1. The Morgan fingerprint density at radius 3 is 2.59 bits per heavy atom. The second kappa shape index (κ2) is 8.92. The Hall–Kier alpha value is -3.52. The SMILES string of the molecule is COC(=O)C1=C(C)N=c2s/c(=C\c3ccncc3)c(=O)n2C1c1ccccc1OC(C)C. The Bertz CT molecular complexity index is 1370. The molecule has 0 amide bonds. The van der Waals surface area contributed by atoms with Crippen molar-refractivity contribution in [3.8, 4) is 5.75 Å². The van der Waals surface area contributed by atoms with Gasteiger partial charge >= 0.3 is 5.97 Å². The summed E-state index contributed by atoms with van der Waals surface area (Å²) < 4.78 is 13.2. The van der Waals surface area contributed by atoms with Crippen molar-refractivity contribution < 1.29 is 14.3 Å². The number of para-hydroxylation sites is 1. The molecule has 0 saturated heterocycles. The van der Waals surface area contributed by atoms with Crippen LogP contribution in [0.15, 0.2) is 69.8 Å². The van der Waals surface area contributed by atoms with Gasteiger partial charge in [0.05, 0.1) is 29.0 Å². The van der Waals surface area contributed by atoms with E-state index in [4.69, 9.17) is 9.47 Å². The third-order valence-electron chi connectivity index (χ3n) is 5.01. The van der Waals surface area contributed by atoms with Crippen LogP contribution in [-0.2, 0) is 9.53 Å². The number of aromatic nitrogens is 2. The number of allylic oxidation sites excluding steroid dienone is 1. The summed E-state index contributed by atoms with van der Waals surface area (Å²) >= 11 is 1.28. The van der Waals surface area contributed by atoms with Gasteiger partial charge in [0.25, 0.3) is 5.56 Å². The highest BCUT2D eigenvalue weighted by atomic mass is 32.1. The fourth-order valence-corrected chi connectivity index (χ4v) is 4.71. The molecule has 1 aliphatic rings. The van der Waals surface area contributed by atoms with Crippen LogP contribution < -0.4 is 19.6 Å². The Balaban J connectivity index is 2.00. The first-order valence-electron chi connectivity index (χ1n) is 10.2. The number of hydrogen-bond acceptors (Lipinski definition) is 7. The van der Waals surface area contributed by atoms with E-state index in [0.717, 1.165) is 5.56 Å². The lowest BCUT2D eigenvalue weighted by molar-refractivity contribution is -0.136. The molecular weight excluding hydrogens is 426 g/mol. The topological polar surface area (TPSA) is 82.8 Å². The molecule has 0 bridgehead atoms. The summed E-state index contributed by atoms with van der Waals surface area (Å²) in [6.07, 6.45) is 5.07. The average Bonchev–Trinajstić information content (AvgIpc) is 3.07. The Labute approximate surface area is 189 Å². The van der Waals surface area contributed by atoms with E-state index in [1.54, 1.807) is 30.0 Å². The van der Waals surface area contributed by atoms with Crippen molar-refractivity contribution >= 4 is 23.4 Å². The second-order valence-electron chi connectivity index (χ2n) is 7.56. The fourth-order valence-electron chi connectivity index (χ4n) is 3.67. The Kier molecular flexibility index (Phi) is 6.05. The molecule has 3 aromatic rings. The lowest BCUT2D eigenvalue weighted by Crippen LogP contribution is -2.40. The third kappa shape index (κ3) is 4.01. The first kappa shape index (κ1) is 21.7. The zero-order chi connectivity index (χ0) is 22.8. The molecule has 8 heteroatoms. The van der Waals surface area contributed by atoms with Crippen LogP contribution in [0.5, 0.6) is 5.75 Å². The van der Waals surface area contributed by atoms with Gasteiger partial charge in [-0.2, -0.15) is 0 Å². The van der Waals surface area contributed by atoms with E-state index in [0.29, 0.717) is 31.9 Å². The summed E-state index contributed by atoms with van der Waals surface area (Å²) in [6.45, 7) is 5.61. The van der Waals surface area contributed by atoms with E-state index in [1.807, 2.05) is 50.2 Å². The van der Waals surface area contributed by atoms with Gasteiger partial charge in [0.15, 0.2) is 4.80 Å². The van der Waals surface area contributed by atoms with Crippen molar-refractivity contribution in [2.45, 2.75) is 32.9 Å². The van der Waals surface area contributed by atoms with Gasteiger partial charge < -0.3 is 9.47 Å². The van der Waals surface area contributed by atoms with Crippen LogP contribution in [-0.4, -0.2) is 28.7 Å². The normalized spacial score (nSPS) is 16.0. The third-order valence-corrected chi connectivity index (χ3v) is 5.99. The summed E-state index contributed by atoms with van der Waals surface area (Å²) in [6, 6.07) is 10.4. The van der Waals surface area contributed by atoms with Crippen molar-refractivity contribution in [2.24, 2.45) is 4.99 Å². The number of pyridine rings is 1. The molecule has 2 aromatic heterocycles. The molecule has 1 aliphatic heterocycles. The summed E-state index contributed by atoms with van der Waals surface area (Å²) in [7, 11) is 1.32. The lowest BCUT2D eigenvalue weighted by Gasteiger charge is -2.26.